The Bertz CT molecular complexity index is 968. The number of nitrogens with one attached hydrogen (secondary N) is 1. The van der Waals surface area contributed by atoms with Crippen molar-refractivity contribution in [2.45, 2.75) is 12.8 Å². The molecule has 0 saturated carbocycles. The van der Waals surface area contributed by atoms with Crippen molar-refractivity contribution in [2.24, 2.45) is 0 Å². The number of rotatable bonds is 6. The number of hydrogen-bond donors (Lipinski definition) is 1. The number of halogens is 1. The summed E-state index contributed by atoms with van der Waals surface area (Å²) in [4.78, 5) is 14.6. The van der Waals surface area contributed by atoms with Crippen LogP contribution in [0.3, 0.4) is 0 Å². The van der Waals surface area contributed by atoms with Gasteiger partial charge in [0, 0.05) is 31.5 Å². The monoisotopic (exact) mass is 396 g/mol. The maximum Gasteiger partial charge on any atom is 0.247 e. The van der Waals surface area contributed by atoms with Gasteiger partial charge in [0.05, 0.1) is 24.6 Å². The van der Waals surface area contributed by atoms with Crippen molar-refractivity contribution in [3.63, 3.8) is 0 Å². The molecular weight excluding hydrogens is 375 g/mol. The molecule has 29 heavy (non-hydrogen) atoms. The number of anilines is 2. The SMILES string of the molecule is O=C(CCc1nnc(-c2ccc(F)cc2)o1)Nc1ccccc1N1CCOCC1. The van der Waals surface area contributed by atoms with Gasteiger partial charge in [-0.25, -0.2) is 4.39 Å². The average Bonchev–Trinajstić information content (AvgIpc) is 3.23. The molecule has 1 N–H and O–H groups in total. The van der Waals surface area contributed by atoms with Gasteiger partial charge in [-0.05, 0) is 36.4 Å². The molecule has 4 rings (SSSR count). The third-order valence-corrected chi connectivity index (χ3v) is 4.65. The number of carbonyl (C=O) groups is 1. The first-order valence-corrected chi connectivity index (χ1v) is 9.49. The lowest BCUT2D eigenvalue weighted by molar-refractivity contribution is -0.116. The van der Waals surface area contributed by atoms with Crippen LogP contribution in [0.1, 0.15) is 12.3 Å². The molecular formula is C21H21FN4O3. The van der Waals surface area contributed by atoms with Crippen LogP contribution in [0.25, 0.3) is 11.5 Å². The number of amides is 1. The molecule has 1 saturated heterocycles. The van der Waals surface area contributed by atoms with Crippen molar-refractivity contribution < 1.29 is 18.3 Å². The molecule has 8 heteroatoms. The number of aromatic nitrogens is 2. The van der Waals surface area contributed by atoms with E-state index in [1.165, 1.54) is 12.1 Å². The molecule has 0 spiro atoms. The number of hydrogen-bond acceptors (Lipinski definition) is 6. The van der Waals surface area contributed by atoms with E-state index in [0.29, 0.717) is 37.0 Å². The molecule has 2 aromatic carbocycles. The Morgan fingerprint density at radius 2 is 1.83 bits per heavy atom. The van der Waals surface area contributed by atoms with Crippen LogP contribution in [0.15, 0.2) is 52.9 Å². The van der Waals surface area contributed by atoms with E-state index in [-0.39, 0.29) is 18.1 Å². The minimum absolute atomic E-state index is 0.132. The van der Waals surface area contributed by atoms with Crippen LogP contribution in [0.4, 0.5) is 15.8 Å². The summed E-state index contributed by atoms with van der Waals surface area (Å²) in [5.74, 6) is 0.203. The molecule has 1 aliphatic rings. The molecule has 7 nitrogen and oxygen atoms in total. The number of benzene rings is 2. The second-order valence-corrected chi connectivity index (χ2v) is 6.67. The van der Waals surface area contributed by atoms with Crippen LogP contribution in [0.5, 0.6) is 0 Å². The summed E-state index contributed by atoms with van der Waals surface area (Å²) in [5.41, 5.74) is 2.39. The summed E-state index contributed by atoms with van der Waals surface area (Å²) in [6.45, 7) is 2.94. The normalized spacial score (nSPS) is 14.0. The van der Waals surface area contributed by atoms with Gasteiger partial charge in [-0.15, -0.1) is 10.2 Å². The minimum Gasteiger partial charge on any atom is -0.421 e. The van der Waals surface area contributed by atoms with Gasteiger partial charge in [0.2, 0.25) is 17.7 Å². The van der Waals surface area contributed by atoms with Crippen molar-refractivity contribution >= 4 is 17.3 Å². The van der Waals surface area contributed by atoms with E-state index in [4.69, 9.17) is 9.15 Å². The zero-order chi connectivity index (χ0) is 20.1. The Morgan fingerprint density at radius 1 is 1.07 bits per heavy atom. The highest BCUT2D eigenvalue weighted by atomic mass is 19.1. The molecule has 0 aliphatic carbocycles. The fourth-order valence-electron chi connectivity index (χ4n) is 3.16. The van der Waals surface area contributed by atoms with Crippen molar-refractivity contribution in [3.05, 3.63) is 60.2 Å². The zero-order valence-electron chi connectivity index (χ0n) is 15.8. The molecule has 3 aromatic rings. The first-order valence-electron chi connectivity index (χ1n) is 9.49. The highest BCUT2D eigenvalue weighted by Crippen LogP contribution is 2.26. The second-order valence-electron chi connectivity index (χ2n) is 6.67. The van der Waals surface area contributed by atoms with E-state index < -0.39 is 0 Å². The largest absolute Gasteiger partial charge is 0.421 e. The summed E-state index contributed by atoms with van der Waals surface area (Å²) in [7, 11) is 0. The standard InChI is InChI=1S/C21H21FN4O3/c22-16-7-5-15(6-8-16)21-25-24-20(29-21)10-9-19(27)23-17-3-1-2-4-18(17)26-11-13-28-14-12-26/h1-8H,9-14H2,(H,23,27). The van der Waals surface area contributed by atoms with Crippen LogP contribution < -0.4 is 10.2 Å². The topological polar surface area (TPSA) is 80.5 Å². The third kappa shape index (κ3) is 4.78. The maximum atomic E-state index is 13.0. The Kier molecular flexibility index (Phi) is 5.81. The molecule has 0 bridgehead atoms. The van der Waals surface area contributed by atoms with E-state index in [2.05, 4.69) is 20.4 Å². The number of nitrogens with zero attached hydrogens (tertiary/aromatic N) is 3. The lowest BCUT2D eigenvalue weighted by atomic mass is 10.2. The van der Waals surface area contributed by atoms with E-state index in [1.807, 2.05) is 24.3 Å². The molecule has 1 amide bonds. The predicted molar refractivity (Wildman–Crippen MR) is 106 cm³/mol. The summed E-state index contributed by atoms with van der Waals surface area (Å²) in [6, 6.07) is 13.5. The molecule has 2 heterocycles. The molecule has 0 atom stereocenters. The van der Waals surface area contributed by atoms with Gasteiger partial charge in [0.25, 0.3) is 0 Å². The van der Waals surface area contributed by atoms with E-state index in [0.717, 1.165) is 24.5 Å². The second kappa shape index (κ2) is 8.83. The van der Waals surface area contributed by atoms with Crippen molar-refractivity contribution in [1.29, 1.82) is 0 Å². The van der Waals surface area contributed by atoms with Crippen LogP contribution in [-0.4, -0.2) is 42.4 Å². The number of carbonyl (C=O) groups excluding carboxylic acids is 1. The van der Waals surface area contributed by atoms with E-state index in [9.17, 15) is 9.18 Å². The lowest BCUT2D eigenvalue weighted by Crippen LogP contribution is -2.36. The zero-order valence-corrected chi connectivity index (χ0v) is 15.8. The Balaban J connectivity index is 1.36. The summed E-state index contributed by atoms with van der Waals surface area (Å²) < 4.78 is 24.0. The van der Waals surface area contributed by atoms with Gasteiger partial charge < -0.3 is 19.4 Å². The third-order valence-electron chi connectivity index (χ3n) is 4.65. The van der Waals surface area contributed by atoms with Gasteiger partial charge in [-0.1, -0.05) is 12.1 Å². The molecule has 1 fully saturated rings. The van der Waals surface area contributed by atoms with Crippen LogP contribution in [0.2, 0.25) is 0 Å². The van der Waals surface area contributed by atoms with Gasteiger partial charge in [-0.3, -0.25) is 4.79 Å². The van der Waals surface area contributed by atoms with Gasteiger partial charge in [0.1, 0.15) is 5.82 Å². The Morgan fingerprint density at radius 3 is 2.62 bits per heavy atom. The quantitative estimate of drug-likeness (QED) is 0.689. The summed E-state index contributed by atoms with van der Waals surface area (Å²) in [6.07, 6.45) is 0.530. The molecule has 0 radical (unpaired) electrons. The number of aryl methyl sites for hydroxylation is 1. The molecule has 0 unspecified atom stereocenters. The van der Waals surface area contributed by atoms with E-state index in [1.54, 1.807) is 12.1 Å². The highest BCUT2D eigenvalue weighted by Gasteiger charge is 2.16. The fourth-order valence-corrected chi connectivity index (χ4v) is 3.16. The molecule has 1 aromatic heterocycles. The lowest BCUT2D eigenvalue weighted by Gasteiger charge is -2.30. The summed E-state index contributed by atoms with van der Waals surface area (Å²) in [5, 5.41) is 10.9. The number of ether oxygens (including phenoxy) is 1. The fraction of sp³-hybridized carbons (Fsp3) is 0.286. The highest BCUT2D eigenvalue weighted by molar-refractivity contribution is 5.94. The van der Waals surface area contributed by atoms with Crippen LogP contribution in [-0.2, 0) is 16.0 Å². The average molecular weight is 396 g/mol. The van der Waals surface area contributed by atoms with Crippen molar-refractivity contribution in [3.8, 4) is 11.5 Å². The number of morpholine rings is 1. The van der Waals surface area contributed by atoms with Gasteiger partial charge in [-0.2, -0.15) is 0 Å². The van der Waals surface area contributed by atoms with E-state index >= 15 is 0 Å². The smallest absolute Gasteiger partial charge is 0.247 e. The van der Waals surface area contributed by atoms with Crippen molar-refractivity contribution in [1.82, 2.24) is 10.2 Å². The maximum absolute atomic E-state index is 13.0. The van der Waals surface area contributed by atoms with Crippen LogP contribution in [0, 0.1) is 5.82 Å². The Labute approximate surface area is 167 Å². The first kappa shape index (κ1) is 19.1. The first-order chi connectivity index (χ1) is 14.2. The number of para-hydroxylation sites is 2. The van der Waals surface area contributed by atoms with Crippen LogP contribution >= 0.6 is 0 Å². The summed E-state index contributed by atoms with van der Waals surface area (Å²) >= 11 is 0. The Hall–Kier alpha value is -3.26. The van der Waals surface area contributed by atoms with Gasteiger partial charge >= 0.3 is 0 Å². The van der Waals surface area contributed by atoms with Crippen molar-refractivity contribution in [2.75, 3.05) is 36.5 Å². The molecule has 1 aliphatic heterocycles. The predicted octanol–water partition coefficient (Wildman–Crippen LogP) is 3.28. The molecule has 150 valence electrons. The van der Waals surface area contributed by atoms with Gasteiger partial charge in [0.15, 0.2) is 0 Å². The minimum atomic E-state index is -0.331.